The molecule has 6 rings (SSSR count). The van der Waals surface area contributed by atoms with Crippen molar-refractivity contribution >= 4 is 11.8 Å². The average molecular weight is 529 g/mol. The predicted molar refractivity (Wildman–Crippen MR) is 141 cm³/mol. The third-order valence-corrected chi connectivity index (χ3v) is 7.30. The number of ketones is 1. The molecule has 198 valence electrons. The summed E-state index contributed by atoms with van der Waals surface area (Å²) in [6.07, 6.45) is 3.79. The number of imidazole rings is 1. The fourth-order valence-corrected chi connectivity index (χ4v) is 5.24. The zero-order valence-electron chi connectivity index (χ0n) is 21.1. The highest BCUT2D eigenvalue weighted by Gasteiger charge is 2.35. The van der Waals surface area contributed by atoms with Crippen molar-refractivity contribution in [1.82, 2.24) is 19.8 Å². The highest BCUT2D eigenvalue weighted by molar-refractivity contribution is 5.84. The predicted octanol–water partition coefficient (Wildman–Crippen LogP) is 5.74. The lowest BCUT2D eigenvalue weighted by Crippen LogP contribution is -2.48. The van der Waals surface area contributed by atoms with Crippen LogP contribution in [0.1, 0.15) is 30.0 Å². The summed E-state index contributed by atoms with van der Waals surface area (Å²) in [7, 11) is 0. The number of Topliss-reactive ketones (excluding diaryl/α,β-unsaturated/α-hetero) is 1. The van der Waals surface area contributed by atoms with Crippen molar-refractivity contribution < 1.29 is 23.1 Å². The smallest absolute Gasteiger partial charge is 0.320 e. The van der Waals surface area contributed by atoms with Gasteiger partial charge in [0.05, 0.1) is 19.1 Å². The van der Waals surface area contributed by atoms with Crippen molar-refractivity contribution in [2.75, 3.05) is 19.7 Å². The number of piperidine rings is 1. The second-order valence-corrected chi connectivity index (χ2v) is 9.77. The van der Waals surface area contributed by atoms with Gasteiger partial charge in [-0.1, -0.05) is 36.4 Å². The van der Waals surface area contributed by atoms with Crippen LogP contribution in [0.4, 0.5) is 13.6 Å². The van der Waals surface area contributed by atoms with Crippen LogP contribution >= 0.6 is 0 Å². The van der Waals surface area contributed by atoms with Crippen molar-refractivity contribution in [3.05, 3.63) is 95.8 Å². The number of fused-ring (bicyclic) bond motifs is 1. The van der Waals surface area contributed by atoms with Crippen molar-refractivity contribution in [3.8, 4) is 28.3 Å². The maximum absolute atomic E-state index is 14.0. The molecule has 3 heterocycles. The SMILES string of the molecule is O=C1CCN(C(=O)N2CCOc3ccc(-c4ccc(-c5ncc[nH]5)cc4)cc3C2)C(c2ccc(F)c(F)c2)C1. The first kappa shape index (κ1) is 24.8. The second kappa shape index (κ2) is 10.3. The van der Waals surface area contributed by atoms with Gasteiger partial charge in [-0.15, -0.1) is 0 Å². The van der Waals surface area contributed by atoms with Crippen LogP contribution in [-0.4, -0.2) is 51.3 Å². The molecule has 1 atom stereocenters. The number of hydrogen-bond acceptors (Lipinski definition) is 4. The maximum atomic E-state index is 14.0. The summed E-state index contributed by atoms with van der Waals surface area (Å²) in [6.45, 7) is 1.21. The van der Waals surface area contributed by atoms with E-state index in [0.717, 1.165) is 40.2 Å². The third kappa shape index (κ3) is 4.99. The molecule has 2 amide bonds. The number of rotatable bonds is 3. The van der Waals surface area contributed by atoms with E-state index in [0.29, 0.717) is 31.0 Å². The number of amides is 2. The lowest BCUT2D eigenvalue weighted by atomic mass is 9.94. The first-order valence-electron chi connectivity index (χ1n) is 12.8. The molecule has 1 aromatic heterocycles. The summed E-state index contributed by atoms with van der Waals surface area (Å²) in [5.74, 6) is -0.466. The van der Waals surface area contributed by atoms with Crippen LogP contribution < -0.4 is 4.74 Å². The number of aromatic nitrogens is 2. The van der Waals surface area contributed by atoms with Crippen molar-refractivity contribution in [1.29, 1.82) is 0 Å². The van der Waals surface area contributed by atoms with Crippen molar-refractivity contribution in [2.45, 2.75) is 25.4 Å². The monoisotopic (exact) mass is 528 g/mol. The fraction of sp³-hybridized carbons (Fsp3) is 0.233. The zero-order valence-corrected chi connectivity index (χ0v) is 21.1. The molecule has 2 aliphatic rings. The highest BCUT2D eigenvalue weighted by Crippen LogP contribution is 2.34. The summed E-state index contributed by atoms with van der Waals surface area (Å²) in [6, 6.07) is 16.6. The molecule has 39 heavy (non-hydrogen) atoms. The molecule has 0 aliphatic carbocycles. The average Bonchev–Trinajstić information content (AvgIpc) is 3.41. The van der Waals surface area contributed by atoms with Gasteiger partial charge in [0, 0.05) is 42.9 Å². The molecule has 2 aliphatic heterocycles. The Balaban J connectivity index is 1.25. The topological polar surface area (TPSA) is 78.5 Å². The molecule has 3 aromatic carbocycles. The van der Waals surface area contributed by atoms with E-state index in [2.05, 4.69) is 9.97 Å². The van der Waals surface area contributed by atoms with Crippen LogP contribution in [0.15, 0.2) is 73.1 Å². The van der Waals surface area contributed by atoms with Crippen LogP contribution in [0.3, 0.4) is 0 Å². The second-order valence-electron chi connectivity index (χ2n) is 9.77. The minimum absolute atomic E-state index is 0.0129. The minimum atomic E-state index is -1.00. The number of benzene rings is 3. The van der Waals surface area contributed by atoms with E-state index in [1.54, 1.807) is 22.2 Å². The standard InChI is InChI=1S/C30H26F2N4O3/c31-25-7-5-22(16-26(25)32)27-17-24(37)9-12-36(27)30(38)35-13-14-39-28-8-6-21(15-23(28)18-35)19-1-3-20(4-2-19)29-33-10-11-34-29/h1-8,10-11,15-16,27H,9,12-14,17-18H2,(H,33,34). The number of carbonyl (C=O) groups is 2. The quantitative estimate of drug-likeness (QED) is 0.368. The molecule has 1 saturated heterocycles. The van der Waals surface area contributed by atoms with Gasteiger partial charge in [0.1, 0.15) is 24.0 Å². The van der Waals surface area contributed by atoms with Gasteiger partial charge < -0.3 is 19.5 Å². The molecule has 1 fully saturated rings. The Kier molecular flexibility index (Phi) is 6.56. The van der Waals surface area contributed by atoms with Gasteiger partial charge in [-0.05, 0) is 41.0 Å². The number of halogens is 2. The lowest BCUT2D eigenvalue weighted by Gasteiger charge is -2.38. The van der Waals surface area contributed by atoms with E-state index in [1.165, 1.54) is 6.07 Å². The number of nitrogens with zero attached hydrogens (tertiary/aromatic N) is 3. The maximum Gasteiger partial charge on any atom is 0.320 e. The Morgan fingerprint density at radius 1 is 0.949 bits per heavy atom. The molecule has 4 aromatic rings. The van der Waals surface area contributed by atoms with Crippen LogP contribution in [0.5, 0.6) is 5.75 Å². The Hall–Kier alpha value is -4.53. The molecule has 0 radical (unpaired) electrons. The van der Waals surface area contributed by atoms with Crippen LogP contribution in [0.25, 0.3) is 22.5 Å². The Morgan fingerprint density at radius 2 is 1.74 bits per heavy atom. The molecule has 0 saturated carbocycles. The lowest BCUT2D eigenvalue weighted by molar-refractivity contribution is -0.122. The minimum Gasteiger partial charge on any atom is -0.491 e. The molecule has 1 unspecified atom stereocenters. The number of carbonyl (C=O) groups excluding carboxylic acids is 2. The summed E-state index contributed by atoms with van der Waals surface area (Å²) < 4.78 is 33.5. The van der Waals surface area contributed by atoms with Crippen LogP contribution in [-0.2, 0) is 11.3 Å². The molecular formula is C30H26F2N4O3. The first-order valence-corrected chi connectivity index (χ1v) is 12.8. The van der Waals surface area contributed by atoms with Gasteiger partial charge in [0.15, 0.2) is 11.6 Å². The van der Waals surface area contributed by atoms with Gasteiger partial charge in [-0.2, -0.15) is 0 Å². The number of aromatic amines is 1. The Morgan fingerprint density at radius 3 is 2.51 bits per heavy atom. The van der Waals surface area contributed by atoms with E-state index < -0.39 is 17.7 Å². The number of nitrogens with one attached hydrogen (secondary N) is 1. The normalized spacial score (nSPS) is 17.4. The fourth-order valence-electron chi connectivity index (χ4n) is 5.24. The molecule has 9 heteroatoms. The third-order valence-electron chi connectivity index (χ3n) is 7.30. The summed E-state index contributed by atoms with van der Waals surface area (Å²) >= 11 is 0. The largest absolute Gasteiger partial charge is 0.491 e. The summed E-state index contributed by atoms with van der Waals surface area (Å²) in [4.78, 5) is 36.7. The Bertz CT molecular complexity index is 1520. The number of likely N-dealkylation sites (tertiary alicyclic amines) is 1. The van der Waals surface area contributed by atoms with Crippen LogP contribution in [0.2, 0.25) is 0 Å². The number of ether oxygens (including phenoxy) is 1. The summed E-state index contributed by atoms with van der Waals surface area (Å²) in [5, 5.41) is 0. The van der Waals surface area contributed by atoms with Gasteiger partial charge in [-0.3, -0.25) is 4.79 Å². The van der Waals surface area contributed by atoms with Gasteiger partial charge in [-0.25, -0.2) is 18.6 Å². The molecule has 1 N–H and O–H groups in total. The molecule has 7 nitrogen and oxygen atoms in total. The molecular weight excluding hydrogens is 502 g/mol. The Labute approximate surface area is 224 Å². The van der Waals surface area contributed by atoms with E-state index >= 15 is 0 Å². The number of H-pyrrole nitrogens is 1. The van der Waals surface area contributed by atoms with Gasteiger partial charge >= 0.3 is 6.03 Å². The molecule has 0 bridgehead atoms. The van der Waals surface area contributed by atoms with E-state index in [4.69, 9.17) is 4.74 Å². The number of hydrogen-bond donors (Lipinski definition) is 1. The van der Waals surface area contributed by atoms with E-state index in [1.807, 2.05) is 42.5 Å². The summed E-state index contributed by atoms with van der Waals surface area (Å²) in [5.41, 5.74) is 4.26. The highest BCUT2D eigenvalue weighted by atomic mass is 19.2. The number of urea groups is 1. The van der Waals surface area contributed by atoms with E-state index in [-0.39, 0.29) is 31.2 Å². The van der Waals surface area contributed by atoms with Crippen molar-refractivity contribution in [2.24, 2.45) is 0 Å². The van der Waals surface area contributed by atoms with E-state index in [9.17, 15) is 18.4 Å². The molecule has 0 spiro atoms. The van der Waals surface area contributed by atoms with Crippen LogP contribution in [0, 0.1) is 11.6 Å². The van der Waals surface area contributed by atoms with Crippen molar-refractivity contribution in [3.63, 3.8) is 0 Å². The zero-order chi connectivity index (χ0) is 26.9. The van der Waals surface area contributed by atoms with Gasteiger partial charge in [0.25, 0.3) is 0 Å². The van der Waals surface area contributed by atoms with Gasteiger partial charge in [0.2, 0.25) is 0 Å². The first-order chi connectivity index (χ1) is 19.0.